The first kappa shape index (κ1) is 17.5. The number of nitrogens with one attached hydrogen (secondary N) is 1. The Morgan fingerprint density at radius 3 is 2.28 bits per heavy atom. The van der Waals surface area contributed by atoms with Crippen molar-refractivity contribution in [2.24, 2.45) is 5.92 Å². The first-order chi connectivity index (χ1) is 12.0. The van der Waals surface area contributed by atoms with Gasteiger partial charge in [-0.05, 0) is 24.5 Å². The molecule has 0 spiro atoms. The van der Waals surface area contributed by atoms with Crippen LogP contribution in [0.25, 0.3) is 10.9 Å². The lowest BCUT2D eigenvalue weighted by atomic mass is 10.1. The van der Waals surface area contributed by atoms with Crippen molar-refractivity contribution < 1.29 is 9.59 Å². The van der Waals surface area contributed by atoms with Gasteiger partial charge in [0.1, 0.15) is 0 Å². The Bertz CT molecular complexity index is 770. The lowest BCUT2D eigenvalue weighted by Gasteiger charge is -2.35. The fourth-order valence-corrected chi connectivity index (χ4v) is 3.51. The lowest BCUT2D eigenvalue weighted by Crippen LogP contribution is -2.51. The van der Waals surface area contributed by atoms with E-state index < -0.39 is 0 Å². The number of aromatic nitrogens is 1. The third kappa shape index (κ3) is 3.86. The molecule has 134 valence electrons. The number of amides is 2. The van der Waals surface area contributed by atoms with Gasteiger partial charge in [0.25, 0.3) is 0 Å². The smallest absolute Gasteiger partial charge is 0.227 e. The summed E-state index contributed by atoms with van der Waals surface area (Å²) in [6.45, 7) is 8.68. The molecular weight excluding hydrogens is 314 g/mol. The second-order valence-electron chi connectivity index (χ2n) is 7.31. The summed E-state index contributed by atoms with van der Waals surface area (Å²) in [5, 5.41) is 1.12. The molecule has 0 unspecified atom stereocenters. The molecule has 5 nitrogen and oxygen atoms in total. The number of para-hydroxylation sites is 1. The topological polar surface area (TPSA) is 56.4 Å². The van der Waals surface area contributed by atoms with E-state index in [2.05, 4.69) is 24.9 Å². The molecule has 1 N–H and O–H groups in total. The lowest BCUT2D eigenvalue weighted by molar-refractivity contribution is -0.139. The van der Waals surface area contributed by atoms with Gasteiger partial charge >= 0.3 is 0 Å². The first-order valence-electron chi connectivity index (χ1n) is 9.07. The molecule has 3 rings (SSSR count). The van der Waals surface area contributed by atoms with Gasteiger partial charge in [0.15, 0.2) is 0 Å². The third-order valence-corrected chi connectivity index (χ3v) is 4.92. The van der Waals surface area contributed by atoms with Crippen LogP contribution in [0.3, 0.4) is 0 Å². The zero-order valence-corrected chi connectivity index (χ0v) is 15.3. The fraction of sp³-hybridized carbons (Fsp3) is 0.500. The van der Waals surface area contributed by atoms with Gasteiger partial charge in [-0.3, -0.25) is 9.59 Å². The summed E-state index contributed by atoms with van der Waals surface area (Å²) in [5.74, 6) is 0.718. The summed E-state index contributed by atoms with van der Waals surface area (Å²) < 4.78 is 0. The first-order valence-corrected chi connectivity index (χ1v) is 9.07. The highest BCUT2D eigenvalue weighted by molar-refractivity contribution is 5.90. The van der Waals surface area contributed by atoms with Crippen molar-refractivity contribution in [3.8, 4) is 0 Å². The number of aromatic amines is 1. The molecule has 0 radical (unpaired) electrons. The maximum atomic E-state index is 12.7. The van der Waals surface area contributed by atoms with E-state index in [4.69, 9.17) is 0 Å². The van der Waals surface area contributed by atoms with Gasteiger partial charge in [-0.15, -0.1) is 0 Å². The van der Waals surface area contributed by atoms with Crippen molar-refractivity contribution in [2.75, 3.05) is 26.2 Å². The Hall–Kier alpha value is -2.30. The summed E-state index contributed by atoms with van der Waals surface area (Å²) in [5.41, 5.74) is 3.21. The van der Waals surface area contributed by atoms with Crippen LogP contribution in [0.15, 0.2) is 24.3 Å². The van der Waals surface area contributed by atoms with Crippen LogP contribution in [0.2, 0.25) is 0 Å². The van der Waals surface area contributed by atoms with Crippen LogP contribution in [0.4, 0.5) is 0 Å². The minimum absolute atomic E-state index is 0.142. The predicted molar refractivity (Wildman–Crippen MR) is 99.4 cm³/mol. The number of piperazine rings is 1. The minimum atomic E-state index is 0.142. The highest BCUT2D eigenvalue weighted by atomic mass is 16.2. The van der Waals surface area contributed by atoms with Crippen LogP contribution in [0.1, 0.15) is 31.5 Å². The molecule has 2 aromatic rings. The summed E-state index contributed by atoms with van der Waals surface area (Å²) >= 11 is 0. The number of fused-ring (bicyclic) bond motifs is 1. The zero-order valence-electron chi connectivity index (χ0n) is 15.3. The molecule has 1 aliphatic heterocycles. The number of nitrogens with zero attached hydrogens (tertiary/aromatic N) is 2. The molecular formula is C20H27N3O2. The van der Waals surface area contributed by atoms with Crippen molar-refractivity contribution in [2.45, 2.75) is 33.6 Å². The van der Waals surface area contributed by atoms with Crippen LogP contribution in [-0.4, -0.2) is 52.8 Å². The molecule has 0 bridgehead atoms. The summed E-state index contributed by atoms with van der Waals surface area (Å²) in [4.78, 5) is 32.0. The molecule has 5 heteroatoms. The average Bonchev–Trinajstić information content (AvgIpc) is 2.90. The van der Waals surface area contributed by atoms with Gasteiger partial charge in [0.05, 0.1) is 6.42 Å². The van der Waals surface area contributed by atoms with E-state index in [1.54, 1.807) is 0 Å². The number of rotatable bonds is 4. The largest absolute Gasteiger partial charge is 0.358 e. The van der Waals surface area contributed by atoms with E-state index in [0.717, 1.165) is 22.2 Å². The maximum Gasteiger partial charge on any atom is 0.227 e. The Morgan fingerprint density at radius 2 is 1.64 bits per heavy atom. The number of H-pyrrole nitrogens is 1. The van der Waals surface area contributed by atoms with Crippen LogP contribution in [-0.2, 0) is 16.0 Å². The Labute approximate surface area is 149 Å². The number of hydrogen-bond acceptors (Lipinski definition) is 2. The normalized spacial score (nSPS) is 15.2. The Balaban J connectivity index is 1.61. The van der Waals surface area contributed by atoms with Crippen molar-refractivity contribution in [1.82, 2.24) is 14.8 Å². The van der Waals surface area contributed by atoms with Crippen molar-refractivity contribution in [3.05, 3.63) is 35.5 Å². The van der Waals surface area contributed by atoms with Gasteiger partial charge in [-0.1, -0.05) is 32.0 Å². The molecule has 0 aliphatic carbocycles. The van der Waals surface area contributed by atoms with Crippen LogP contribution >= 0.6 is 0 Å². The average molecular weight is 341 g/mol. The summed E-state index contributed by atoms with van der Waals surface area (Å²) in [7, 11) is 0. The third-order valence-electron chi connectivity index (χ3n) is 4.92. The molecule has 25 heavy (non-hydrogen) atoms. The number of aryl methyl sites for hydroxylation is 1. The molecule has 0 atom stereocenters. The summed E-state index contributed by atoms with van der Waals surface area (Å²) in [6, 6.07) is 8.10. The van der Waals surface area contributed by atoms with E-state index in [1.807, 2.05) is 34.9 Å². The molecule has 2 amide bonds. The van der Waals surface area contributed by atoms with Crippen molar-refractivity contribution >= 4 is 22.7 Å². The molecule has 1 fully saturated rings. The quantitative estimate of drug-likeness (QED) is 0.930. The van der Waals surface area contributed by atoms with Crippen LogP contribution in [0, 0.1) is 12.8 Å². The molecule has 1 saturated heterocycles. The van der Waals surface area contributed by atoms with E-state index in [0.29, 0.717) is 44.9 Å². The van der Waals surface area contributed by atoms with E-state index in [-0.39, 0.29) is 11.8 Å². The van der Waals surface area contributed by atoms with E-state index in [9.17, 15) is 9.59 Å². The van der Waals surface area contributed by atoms with Gasteiger partial charge < -0.3 is 14.8 Å². The molecule has 1 aromatic heterocycles. The fourth-order valence-electron chi connectivity index (χ4n) is 3.51. The number of hydrogen-bond donors (Lipinski definition) is 1. The highest BCUT2D eigenvalue weighted by Gasteiger charge is 2.25. The standard InChI is InChI=1S/C20H27N3O2/c1-14(2)12-19(24)22-8-10-23(11-9-22)20(25)13-17-15(3)21-18-7-5-4-6-16(17)18/h4-7,14,21H,8-13H2,1-3H3. The van der Waals surface area contributed by atoms with Crippen molar-refractivity contribution in [3.63, 3.8) is 0 Å². The van der Waals surface area contributed by atoms with Gasteiger partial charge in [0, 0.05) is 49.2 Å². The van der Waals surface area contributed by atoms with Gasteiger partial charge in [-0.25, -0.2) is 0 Å². The number of carbonyl (C=O) groups is 2. The zero-order chi connectivity index (χ0) is 18.0. The van der Waals surface area contributed by atoms with Crippen LogP contribution < -0.4 is 0 Å². The number of carbonyl (C=O) groups excluding carboxylic acids is 2. The predicted octanol–water partition coefficient (Wildman–Crippen LogP) is 2.74. The van der Waals surface area contributed by atoms with E-state index in [1.165, 1.54) is 0 Å². The van der Waals surface area contributed by atoms with Gasteiger partial charge in [0.2, 0.25) is 11.8 Å². The second kappa shape index (κ2) is 7.30. The van der Waals surface area contributed by atoms with Gasteiger partial charge in [-0.2, -0.15) is 0 Å². The Kier molecular flexibility index (Phi) is 5.11. The maximum absolute atomic E-state index is 12.7. The summed E-state index contributed by atoms with van der Waals surface area (Å²) in [6.07, 6.45) is 0.998. The van der Waals surface area contributed by atoms with E-state index >= 15 is 0 Å². The SMILES string of the molecule is Cc1[nH]c2ccccc2c1CC(=O)N1CCN(C(=O)CC(C)C)CC1. The highest BCUT2D eigenvalue weighted by Crippen LogP contribution is 2.23. The molecule has 1 aromatic carbocycles. The van der Waals surface area contributed by atoms with Crippen LogP contribution in [0.5, 0.6) is 0 Å². The molecule has 2 heterocycles. The molecule has 0 saturated carbocycles. The minimum Gasteiger partial charge on any atom is -0.358 e. The molecule has 1 aliphatic rings. The van der Waals surface area contributed by atoms with Crippen molar-refractivity contribution in [1.29, 1.82) is 0 Å². The Morgan fingerprint density at radius 1 is 1.04 bits per heavy atom. The monoisotopic (exact) mass is 341 g/mol. The number of benzene rings is 1. The second-order valence-corrected chi connectivity index (χ2v) is 7.31.